The van der Waals surface area contributed by atoms with Gasteiger partial charge < -0.3 is 19.5 Å². The van der Waals surface area contributed by atoms with Crippen LogP contribution >= 0.6 is 0 Å². The predicted molar refractivity (Wildman–Crippen MR) is 124 cm³/mol. The molecular weight excluding hydrogens is 420 g/mol. The number of aromatic nitrogens is 2. The van der Waals surface area contributed by atoms with Crippen LogP contribution in [0.4, 0.5) is 5.69 Å². The molecular formula is C25H28N4O4. The Bertz CT molecular complexity index is 1100. The zero-order valence-electron chi connectivity index (χ0n) is 18.9. The van der Waals surface area contributed by atoms with Crippen molar-refractivity contribution in [2.24, 2.45) is 0 Å². The lowest BCUT2D eigenvalue weighted by molar-refractivity contribution is -0.116. The molecule has 4 rings (SSSR count). The smallest absolute Gasteiger partial charge is 0.256 e. The Kier molecular flexibility index (Phi) is 7.14. The molecule has 33 heavy (non-hydrogen) atoms. The number of morpholine rings is 1. The first-order valence-electron chi connectivity index (χ1n) is 11.2. The first kappa shape index (κ1) is 22.7. The van der Waals surface area contributed by atoms with E-state index in [1.54, 1.807) is 29.2 Å². The van der Waals surface area contributed by atoms with E-state index in [1.807, 2.05) is 12.1 Å². The highest BCUT2D eigenvalue weighted by atomic mass is 16.5. The van der Waals surface area contributed by atoms with Gasteiger partial charge in [-0.1, -0.05) is 55.4 Å². The van der Waals surface area contributed by atoms with Crippen molar-refractivity contribution < 1.29 is 18.8 Å². The van der Waals surface area contributed by atoms with E-state index in [1.165, 1.54) is 5.56 Å². The largest absolute Gasteiger partial charge is 0.378 e. The minimum atomic E-state index is -0.224. The summed E-state index contributed by atoms with van der Waals surface area (Å²) in [6.45, 7) is 6.41. The van der Waals surface area contributed by atoms with Gasteiger partial charge in [0, 0.05) is 31.5 Å². The molecule has 1 aromatic heterocycles. The average molecular weight is 449 g/mol. The van der Waals surface area contributed by atoms with Crippen molar-refractivity contribution in [3.63, 3.8) is 0 Å². The quantitative estimate of drug-likeness (QED) is 0.589. The van der Waals surface area contributed by atoms with Gasteiger partial charge in [0.25, 0.3) is 5.91 Å². The van der Waals surface area contributed by atoms with Crippen molar-refractivity contribution >= 4 is 17.5 Å². The summed E-state index contributed by atoms with van der Waals surface area (Å²) in [6, 6.07) is 15.1. The van der Waals surface area contributed by atoms with E-state index in [0.717, 1.165) is 5.56 Å². The van der Waals surface area contributed by atoms with Gasteiger partial charge >= 0.3 is 0 Å². The van der Waals surface area contributed by atoms with Crippen LogP contribution in [-0.2, 0) is 16.0 Å². The van der Waals surface area contributed by atoms with Crippen LogP contribution in [-0.4, -0.2) is 53.2 Å². The number of benzene rings is 2. The Morgan fingerprint density at radius 1 is 1.06 bits per heavy atom. The zero-order chi connectivity index (χ0) is 23.2. The second kappa shape index (κ2) is 10.4. The number of anilines is 1. The minimum absolute atomic E-state index is 0.112. The maximum Gasteiger partial charge on any atom is 0.256 e. The topological polar surface area (TPSA) is 97.6 Å². The number of carbonyl (C=O) groups is 2. The van der Waals surface area contributed by atoms with Crippen LogP contribution in [0.3, 0.4) is 0 Å². The van der Waals surface area contributed by atoms with E-state index in [0.29, 0.717) is 61.6 Å². The highest BCUT2D eigenvalue weighted by molar-refractivity contribution is 6.03. The second-order valence-electron chi connectivity index (χ2n) is 8.29. The minimum Gasteiger partial charge on any atom is -0.378 e. The monoisotopic (exact) mass is 448 g/mol. The molecule has 172 valence electrons. The molecule has 1 aliphatic rings. The van der Waals surface area contributed by atoms with Gasteiger partial charge in [-0.2, -0.15) is 4.98 Å². The van der Waals surface area contributed by atoms with Gasteiger partial charge in [-0.15, -0.1) is 0 Å². The summed E-state index contributed by atoms with van der Waals surface area (Å²) in [5, 5.41) is 6.88. The van der Waals surface area contributed by atoms with Gasteiger partial charge in [-0.25, -0.2) is 0 Å². The van der Waals surface area contributed by atoms with E-state index in [2.05, 4.69) is 41.4 Å². The second-order valence-corrected chi connectivity index (χ2v) is 8.29. The number of para-hydroxylation sites is 1. The Morgan fingerprint density at radius 2 is 1.79 bits per heavy atom. The molecule has 1 aliphatic heterocycles. The molecule has 8 nitrogen and oxygen atoms in total. The van der Waals surface area contributed by atoms with Gasteiger partial charge in [0.1, 0.15) is 0 Å². The van der Waals surface area contributed by atoms with Crippen LogP contribution in [0.25, 0.3) is 11.4 Å². The van der Waals surface area contributed by atoms with Crippen LogP contribution in [0.2, 0.25) is 0 Å². The van der Waals surface area contributed by atoms with E-state index in [-0.39, 0.29) is 18.2 Å². The number of hydrogen-bond donors (Lipinski definition) is 1. The Balaban J connectivity index is 1.35. The number of hydrogen-bond acceptors (Lipinski definition) is 6. The number of carbonyl (C=O) groups excluding carboxylic acids is 2. The summed E-state index contributed by atoms with van der Waals surface area (Å²) in [6.07, 6.45) is 0.469. The molecule has 8 heteroatoms. The van der Waals surface area contributed by atoms with Crippen molar-refractivity contribution in [1.82, 2.24) is 15.0 Å². The number of rotatable bonds is 7. The van der Waals surface area contributed by atoms with Crippen LogP contribution in [0.5, 0.6) is 0 Å². The van der Waals surface area contributed by atoms with E-state index >= 15 is 0 Å². The fraction of sp³-hybridized carbons (Fsp3) is 0.360. The third-order valence-electron chi connectivity index (χ3n) is 5.60. The molecule has 0 atom stereocenters. The van der Waals surface area contributed by atoms with Crippen LogP contribution in [0, 0.1) is 0 Å². The zero-order valence-corrected chi connectivity index (χ0v) is 18.9. The van der Waals surface area contributed by atoms with Gasteiger partial charge in [0.15, 0.2) is 0 Å². The maximum atomic E-state index is 12.9. The maximum absolute atomic E-state index is 12.9. The average Bonchev–Trinajstić information content (AvgIpc) is 3.32. The first-order valence-corrected chi connectivity index (χ1v) is 11.2. The lowest BCUT2D eigenvalue weighted by Gasteiger charge is -2.27. The van der Waals surface area contributed by atoms with E-state index < -0.39 is 0 Å². The molecule has 2 heterocycles. The van der Waals surface area contributed by atoms with E-state index in [9.17, 15) is 9.59 Å². The number of nitrogens with zero attached hydrogens (tertiary/aromatic N) is 3. The van der Waals surface area contributed by atoms with Crippen molar-refractivity contribution in [3.8, 4) is 11.4 Å². The number of ether oxygens (including phenoxy) is 1. The third-order valence-corrected chi connectivity index (χ3v) is 5.60. The predicted octanol–water partition coefficient (Wildman–Crippen LogP) is 3.90. The van der Waals surface area contributed by atoms with Crippen molar-refractivity contribution in [2.45, 2.75) is 32.6 Å². The molecule has 3 aromatic rings. The summed E-state index contributed by atoms with van der Waals surface area (Å²) in [4.78, 5) is 31.6. The first-order chi connectivity index (χ1) is 16.0. The number of aryl methyl sites for hydroxylation is 1. The lowest BCUT2D eigenvalue weighted by Crippen LogP contribution is -2.41. The van der Waals surface area contributed by atoms with Crippen LogP contribution in [0.1, 0.15) is 48.0 Å². The van der Waals surface area contributed by atoms with Gasteiger partial charge in [0.2, 0.25) is 17.6 Å². The molecule has 1 N–H and O–H groups in total. The Labute approximate surface area is 192 Å². The molecule has 0 radical (unpaired) electrons. The van der Waals surface area contributed by atoms with Gasteiger partial charge in [-0.05, 0) is 23.6 Å². The molecule has 1 saturated heterocycles. The standard InChI is InChI=1S/C25H28N4O4/c1-17(2)18-7-9-19(10-8-18)24-27-23(33-28-24)12-11-22(30)26-21-6-4-3-5-20(21)25(31)29-13-15-32-16-14-29/h3-10,17H,11-16H2,1-2H3,(H,26,30). The normalized spacial score (nSPS) is 13.8. The molecule has 0 aliphatic carbocycles. The fourth-order valence-electron chi connectivity index (χ4n) is 3.64. The van der Waals surface area contributed by atoms with Crippen molar-refractivity contribution in [3.05, 3.63) is 65.5 Å². The van der Waals surface area contributed by atoms with E-state index in [4.69, 9.17) is 9.26 Å². The summed E-state index contributed by atoms with van der Waals surface area (Å²) >= 11 is 0. The molecule has 0 bridgehead atoms. The SMILES string of the molecule is CC(C)c1ccc(-c2noc(CCC(=O)Nc3ccccc3C(=O)N3CCOCC3)n2)cc1. The Morgan fingerprint density at radius 3 is 2.52 bits per heavy atom. The number of amides is 2. The Hall–Kier alpha value is -3.52. The van der Waals surface area contributed by atoms with Gasteiger partial charge in [-0.3, -0.25) is 9.59 Å². The van der Waals surface area contributed by atoms with Gasteiger partial charge in [0.05, 0.1) is 24.5 Å². The molecule has 0 saturated carbocycles. The lowest BCUT2D eigenvalue weighted by atomic mass is 10.0. The summed E-state index contributed by atoms with van der Waals surface area (Å²) < 4.78 is 10.6. The fourth-order valence-corrected chi connectivity index (χ4v) is 3.64. The summed E-state index contributed by atoms with van der Waals surface area (Å²) in [7, 11) is 0. The highest BCUT2D eigenvalue weighted by Gasteiger charge is 2.21. The van der Waals surface area contributed by atoms with Crippen molar-refractivity contribution in [2.75, 3.05) is 31.6 Å². The molecule has 2 aromatic carbocycles. The summed E-state index contributed by atoms with van der Waals surface area (Å²) in [5.74, 6) is 1.01. The van der Waals surface area contributed by atoms with Crippen LogP contribution < -0.4 is 5.32 Å². The van der Waals surface area contributed by atoms with Crippen molar-refractivity contribution in [1.29, 1.82) is 0 Å². The third kappa shape index (κ3) is 5.64. The molecule has 1 fully saturated rings. The molecule has 0 unspecified atom stereocenters. The molecule has 2 amide bonds. The summed E-state index contributed by atoms with van der Waals surface area (Å²) in [5.41, 5.74) is 3.08. The number of nitrogens with one attached hydrogen (secondary N) is 1. The molecule has 0 spiro atoms. The highest BCUT2D eigenvalue weighted by Crippen LogP contribution is 2.21. The van der Waals surface area contributed by atoms with Crippen LogP contribution in [0.15, 0.2) is 53.1 Å².